The number of rotatable bonds is 8. The molecule has 0 spiro atoms. The molecule has 3 aromatic rings. The van der Waals surface area contributed by atoms with Crippen LogP contribution in [0.5, 0.6) is 11.5 Å². The molecule has 0 amide bonds. The van der Waals surface area contributed by atoms with Gasteiger partial charge in [-0.3, -0.25) is 9.36 Å². The van der Waals surface area contributed by atoms with Gasteiger partial charge in [0.05, 0.1) is 39.6 Å². The van der Waals surface area contributed by atoms with Gasteiger partial charge in [-0.25, -0.2) is 9.79 Å². The fraction of sp³-hybridized carbons (Fsp3) is 0.276. The van der Waals surface area contributed by atoms with Crippen molar-refractivity contribution in [1.82, 2.24) is 4.57 Å². The van der Waals surface area contributed by atoms with Crippen molar-refractivity contribution >= 4 is 35.0 Å². The average Bonchev–Trinajstić information content (AvgIpc) is 3.17. The third-order valence-electron chi connectivity index (χ3n) is 5.63. The molecule has 1 aliphatic heterocycles. The smallest absolute Gasteiger partial charge is 0.338 e. The molecule has 7 nitrogen and oxygen atoms in total. The van der Waals surface area contributed by atoms with Crippen LogP contribution in [-0.2, 0) is 9.53 Å². The number of carbonyl (C=O) groups excluding carboxylic acids is 1. The summed E-state index contributed by atoms with van der Waals surface area (Å²) >= 11 is 7.71. The van der Waals surface area contributed by atoms with E-state index in [2.05, 4.69) is 10.9 Å². The van der Waals surface area contributed by atoms with Crippen molar-refractivity contribution in [3.63, 3.8) is 0 Å². The van der Waals surface area contributed by atoms with E-state index in [9.17, 15) is 9.59 Å². The van der Waals surface area contributed by atoms with Crippen LogP contribution in [0.2, 0.25) is 5.02 Å². The molecule has 0 N–H and O–H groups in total. The monoisotopic (exact) mass is 550 g/mol. The summed E-state index contributed by atoms with van der Waals surface area (Å²) < 4.78 is 18.8. The van der Waals surface area contributed by atoms with E-state index < -0.39 is 12.0 Å². The minimum absolute atomic E-state index is 0.0398. The summed E-state index contributed by atoms with van der Waals surface area (Å²) in [6.45, 7) is 7.60. The number of halogens is 1. The predicted octanol–water partition coefficient (Wildman–Crippen LogP) is 4.25. The lowest BCUT2D eigenvalue weighted by Crippen LogP contribution is -2.40. The number of esters is 1. The van der Waals surface area contributed by atoms with Crippen molar-refractivity contribution in [3.05, 3.63) is 89.6 Å². The maximum Gasteiger partial charge on any atom is 0.338 e. The molecule has 1 unspecified atom stereocenters. The van der Waals surface area contributed by atoms with Gasteiger partial charge in [0.25, 0.3) is 5.56 Å². The second-order valence-electron chi connectivity index (χ2n) is 8.70. The molecule has 0 aliphatic carbocycles. The fourth-order valence-electron chi connectivity index (χ4n) is 4.15. The van der Waals surface area contributed by atoms with Crippen LogP contribution in [0.1, 0.15) is 44.9 Å². The largest absolute Gasteiger partial charge is 0.490 e. The highest BCUT2D eigenvalue weighted by atomic mass is 35.5. The quantitative estimate of drug-likeness (QED) is 0.309. The van der Waals surface area contributed by atoms with Gasteiger partial charge in [-0.2, -0.15) is 0 Å². The van der Waals surface area contributed by atoms with Crippen LogP contribution in [0.25, 0.3) is 6.08 Å². The first-order chi connectivity index (χ1) is 18.2. The first-order valence-corrected chi connectivity index (χ1v) is 13.3. The zero-order valence-corrected chi connectivity index (χ0v) is 23.1. The molecule has 38 heavy (non-hydrogen) atoms. The number of aromatic nitrogens is 1. The second-order valence-corrected chi connectivity index (χ2v) is 10.1. The Bertz CT molecular complexity index is 1610. The van der Waals surface area contributed by atoms with Gasteiger partial charge in [-0.15, -0.1) is 6.42 Å². The number of hydrogen-bond donors (Lipinski definition) is 0. The molecular weight excluding hydrogens is 524 g/mol. The van der Waals surface area contributed by atoms with Crippen molar-refractivity contribution < 1.29 is 19.0 Å². The van der Waals surface area contributed by atoms with Gasteiger partial charge in [0.15, 0.2) is 16.3 Å². The molecule has 0 radical (unpaired) electrons. The Morgan fingerprint density at radius 3 is 2.66 bits per heavy atom. The summed E-state index contributed by atoms with van der Waals surface area (Å²) in [6, 6.07) is 12.1. The van der Waals surface area contributed by atoms with E-state index in [0.29, 0.717) is 49.3 Å². The minimum atomic E-state index is -0.678. The first kappa shape index (κ1) is 27.2. The lowest BCUT2D eigenvalue weighted by atomic mass is 9.96. The first-order valence-electron chi connectivity index (χ1n) is 12.1. The van der Waals surface area contributed by atoms with Crippen LogP contribution >= 0.6 is 22.9 Å². The highest BCUT2D eigenvalue weighted by Crippen LogP contribution is 2.37. The van der Waals surface area contributed by atoms with E-state index in [1.807, 2.05) is 37.3 Å². The van der Waals surface area contributed by atoms with Gasteiger partial charge in [0.2, 0.25) is 0 Å². The van der Waals surface area contributed by atoms with E-state index in [1.54, 1.807) is 43.5 Å². The zero-order valence-electron chi connectivity index (χ0n) is 21.5. The van der Waals surface area contributed by atoms with Crippen LogP contribution in [-0.4, -0.2) is 29.9 Å². The number of allylic oxidation sites excluding steroid dienone is 1. The van der Waals surface area contributed by atoms with E-state index in [0.717, 1.165) is 5.56 Å². The number of carbonyl (C=O) groups is 1. The van der Waals surface area contributed by atoms with Crippen molar-refractivity contribution in [2.45, 2.75) is 39.8 Å². The highest BCUT2D eigenvalue weighted by Gasteiger charge is 2.33. The maximum atomic E-state index is 13.8. The normalized spacial score (nSPS) is 15.1. The molecule has 1 aromatic heterocycles. The Hall–Kier alpha value is -3.80. The van der Waals surface area contributed by atoms with Crippen LogP contribution in [0.3, 0.4) is 0 Å². The lowest BCUT2D eigenvalue weighted by molar-refractivity contribution is -0.143. The molecule has 4 rings (SSSR count). The number of fused-ring (bicyclic) bond motifs is 1. The van der Waals surface area contributed by atoms with Gasteiger partial charge in [-0.05, 0) is 57.0 Å². The van der Waals surface area contributed by atoms with Gasteiger partial charge in [0.1, 0.15) is 6.61 Å². The topological polar surface area (TPSA) is 79.1 Å². The predicted molar refractivity (Wildman–Crippen MR) is 148 cm³/mol. The minimum Gasteiger partial charge on any atom is -0.490 e. The molecule has 2 aromatic carbocycles. The zero-order chi connectivity index (χ0) is 27.4. The maximum absolute atomic E-state index is 13.8. The number of ether oxygens (including phenoxy) is 3. The molecule has 196 valence electrons. The Labute approximate surface area is 229 Å². The van der Waals surface area contributed by atoms with Crippen molar-refractivity contribution in [2.75, 3.05) is 13.2 Å². The van der Waals surface area contributed by atoms with Crippen LogP contribution in [0.15, 0.2) is 63.5 Å². The molecular formula is C29H27ClN2O5S. The molecule has 0 bridgehead atoms. The summed E-state index contributed by atoms with van der Waals surface area (Å²) in [5, 5.41) is 0.307. The average molecular weight is 551 g/mol. The van der Waals surface area contributed by atoms with Gasteiger partial charge >= 0.3 is 5.97 Å². The summed E-state index contributed by atoms with van der Waals surface area (Å²) in [6.07, 6.45) is 6.72. The third kappa shape index (κ3) is 5.54. The molecule has 0 saturated heterocycles. The number of terminal acetylenes is 1. The molecule has 1 atom stereocenters. The second kappa shape index (κ2) is 11.7. The third-order valence-corrected chi connectivity index (χ3v) is 6.89. The molecule has 0 saturated carbocycles. The molecule has 0 fully saturated rings. The van der Waals surface area contributed by atoms with Gasteiger partial charge in [-0.1, -0.05) is 59.2 Å². The number of benzene rings is 2. The van der Waals surface area contributed by atoms with Crippen LogP contribution in [0.4, 0.5) is 0 Å². The van der Waals surface area contributed by atoms with Crippen LogP contribution in [0, 0.1) is 12.3 Å². The standard InChI is InChI=1S/C29H27ClN2O5S/c1-6-13-36-26-21(30)14-19(15-22(26)35-7-2)16-23-27(33)32-25(20-11-9-8-10-12-20)24(28(34)37-17(3)4)18(5)31-29(32)38-23/h1,8-12,14-17,25H,7,13H2,2-5H3. The molecule has 2 heterocycles. The molecule has 9 heteroatoms. The molecule has 1 aliphatic rings. The highest BCUT2D eigenvalue weighted by molar-refractivity contribution is 7.07. The van der Waals surface area contributed by atoms with Crippen LogP contribution < -0.4 is 24.4 Å². The van der Waals surface area contributed by atoms with E-state index in [4.69, 9.17) is 32.2 Å². The fourth-order valence-corrected chi connectivity index (χ4v) is 5.47. The number of thiazole rings is 1. The summed E-state index contributed by atoms with van der Waals surface area (Å²) in [7, 11) is 0. The van der Waals surface area contributed by atoms with Crippen molar-refractivity contribution in [1.29, 1.82) is 0 Å². The van der Waals surface area contributed by atoms with E-state index in [-0.39, 0.29) is 18.3 Å². The Morgan fingerprint density at radius 2 is 2.00 bits per heavy atom. The SMILES string of the molecule is C#CCOc1c(Cl)cc(C=c2sc3n(c2=O)C(c2ccccc2)C(C(=O)OC(C)C)=C(C)N=3)cc1OCC. The number of hydrogen-bond acceptors (Lipinski definition) is 7. The van der Waals surface area contributed by atoms with E-state index >= 15 is 0 Å². The summed E-state index contributed by atoms with van der Waals surface area (Å²) in [5.74, 6) is 2.68. The Balaban J connectivity index is 1.89. The summed E-state index contributed by atoms with van der Waals surface area (Å²) in [4.78, 5) is 32.1. The number of nitrogens with zero attached hydrogens (tertiary/aromatic N) is 2. The van der Waals surface area contributed by atoms with E-state index in [1.165, 1.54) is 11.3 Å². The van der Waals surface area contributed by atoms with Crippen molar-refractivity contribution in [2.24, 2.45) is 4.99 Å². The van der Waals surface area contributed by atoms with Gasteiger partial charge in [0, 0.05) is 0 Å². The lowest BCUT2D eigenvalue weighted by Gasteiger charge is -2.25. The van der Waals surface area contributed by atoms with Gasteiger partial charge < -0.3 is 14.2 Å². The Morgan fingerprint density at radius 1 is 1.26 bits per heavy atom. The van der Waals surface area contributed by atoms with Crippen molar-refractivity contribution in [3.8, 4) is 23.8 Å². The summed E-state index contributed by atoms with van der Waals surface area (Å²) in [5.41, 5.74) is 1.98. The Kier molecular flexibility index (Phi) is 8.40.